The SMILES string of the molecule is CC1=C(C)C(=O)N([C@H]2[C@H](O[Si](C)(C)C(C)(C)C)O[C@H](COCc3ccccc3)[C@@H](O[C@@H]3O[C@H](COCc4ccccc4)[C@H](O)[C@H](O)[C@H]3O)[C@@H]2OCc2ccccc2)C1=O. The Bertz CT molecular complexity index is 1850. The molecule has 0 unspecified atom stereocenters. The second-order valence-electron chi connectivity index (χ2n) is 17.0. The Morgan fingerprint density at radius 2 is 1.08 bits per heavy atom. The van der Waals surface area contributed by atoms with Crippen LogP contribution in [0.4, 0.5) is 0 Å². The lowest BCUT2D eigenvalue weighted by Gasteiger charge is -2.52. The van der Waals surface area contributed by atoms with E-state index in [4.69, 9.17) is 32.8 Å². The maximum atomic E-state index is 14.1. The smallest absolute Gasteiger partial charge is 0.257 e. The lowest BCUT2D eigenvalue weighted by Crippen LogP contribution is -2.70. The number of imide groups is 1. The van der Waals surface area contributed by atoms with Gasteiger partial charge in [-0.05, 0) is 48.7 Å². The molecule has 3 N–H and O–H groups in total. The molecule has 59 heavy (non-hydrogen) atoms. The van der Waals surface area contributed by atoms with E-state index in [-0.39, 0.29) is 49.2 Å². The molecule has 3 aliphatic rings. The molecule has 0 spiro atoms. The number of hydrogen-bond donors (Lipinski definition) is 3. The van der Waals surface area contributed by atoms with Crippen LogP contribution in [0.3, 0.4) is 0 Å². The van der Waals surface area contributed by atoms with E-state index in [0.29, 0.717) is 0 Å². The second-order valence-corrected chi connectivity index (χ2v) is 21.8. The van der Waals surface area contributed by atoms with Crippen LogP contribution >= 0.6 is 0 Å². The van der Waals surface area contributed by atoms with Crippen molar-refractivity contribution in [2.24, 2.45) is 0 Å². The highest BCUT2D eigenvalue weighted by molar-refractivity contribution is 6.74. The standard InChI is InChI=1S/C45H59NO12Si/c1-28-29(2)42(51)46(41(28)50)35-40(54-25-32-21-15-10-16-22-32)39(57-44-38(49)37(48)36(47)33(55-44)26-52-23-30-17-11-8-12-18-30)34(27-53-24-31-19-13-9-14-20-31)56-43(35)58-59(6,7)45(3,4)5/h8-22,33-40,43-44,47-49H,23-27H2,1-7H3/t33-,34-,35-,36+,37+,38-,39-,40-,43+,44+/m1/s1. The van der Waals surface area contributed by atoms with Crippen LogP contribution in [-0.2, 0) is 62.3 Å². The first-order valence-corrected chi connectivity index (χ1v) is 23.1. The zero-order valence-electron chi connectivity index (χ0n) is 34.9. The van der Waals surface area contributed by atoms with Gasteiger partial charge in [-0.25, -0.2) is 0 Å². The number of ether oxygens (including phenoxy) is 6. The van der Waals surface area contributed by atoms with Crippen molar-refractivity contribution in [3.63, 3.8) is 0 Å². The van der Waals surface area contributed by atoms with Gasteiger partial charge in [-0.15, -0.1) is 0 Å². The number of amides is 2. The number of nitrogens with zero attached hydrogens (tertiary/aromatic N) is 1. The molecule has 3 aromatic carbocycles. The largest absolute Gasteiger partial charge is 0.391 e. The first-order valence-electron chi connectivity index (χ1n) is 20.2. The summed E-state index contributed by atoms with van der Waals surface area (Å²) in [5.41, 5.74) is 3.19. The number of hydrogen-bond acceptors (Lipinski definition) is 12. The summed E-state index contributed by atoms with van der Waals surface area (Å²) in [6.45, 7) is 13.8. The van der Waals surface area contributed by atoms with Crippen LogP contribution in [0.5, 0.6) is 0 Å². The summed E-state index contributed by atoms with van der Waals surface area (Å²) < 4.78 is 45.7. The van der Waals surface area contributed by atoms with E-state index in [1.165, 1.54) is 0 Å². The number of benzene rings is 3. The summed E-state index contributed by atoms with van der Waals surface area (Å²) >= 11 is 0. The molecule has 0 bridgehead atoms. The van der Waals surface area contributed by atoms with Crippen LogP contribution < -0.4 is 0 Å². The van der Waals surface area contributed by atoms with E-state index < -0.39 is 81.5 Å². The van der Waals surface area contributed by atoms with Crippen LogP contribution in [0.15, 0.2) is 102 Å². The monoisotopic (exact) mass is 833 g/mol. The predicted molar refractivity (Wildman–Crippen MR) is 220 cm³/mol. The van der Waals surface area contributed by atoms with Gasteiger partial charge in [0.2, 0.25) is 0 Å². The zero-order chi connectivity index (χ0) is 42.5. The topological polar surface area (TPSA) is 163 Å². The van der Waals surface area contributed by atoms with Crippen LogP contribution in [-0.4, -0.2) is 115 Å². The lowest BCUT2D eigenvalue weighted by atomic mass is 9.94. The number of aliphatic hydroxyl groups is 3. The number of aliphatic hydroxyl groups excluding tert-OH is 3. The third-order valence-corrected chi connectivity index (χ3v) is 16.2. The fraction of sp³-hybridized carbons (Fsp3) is 0.511. The van der Waals surface area contributed by atoms with Crippen LogP contribution in [0.25, 0.3) is 0 Å². The van der Waals surface area contributed by atoms with E-state index >= 15 is 0 Å². The molecule has 3 aromatic rings. The molecule has 13 nitrogen and oxygen atoms in total. The van der Waals surface area contributed by atoms with Crippen LogP contribution in [0, 0.1) is 0 Å². The van der Waals surface area contributed by atoms with Gasteiger partial charge in [0.1, 0.15) is 48.8 Å². The minimum Gasteiger partial charge on any atom is -0.391 e. The summed E-state index contributed by atoms with van der Waals surface area (Å²) in [5.74, 6) is -1.03. The first kappa shape index (κ1) is 44.9. The normalized spacial score (nSPS) is 29.4. The van der Waals surface area contributed by atoms with Crippen molar-refractivity contribution < 1.29 is 57.8 Å². The van der Waals surface area contributed by atoms with Gasteiger partial charge in [0.25, 0.3) is 11.8 Å². The van der Waals surface area contributed by atoms with Gasteiger partial charge in [-0.1, -0.05) is 112 Å². The Morgan fingerprint density at radius 3 is 1.58 bits per heavy atom. The Kier molecular flexibility index (Phi) is 14.7. The van der Waals surface area contributed by atoms with E-state index in [1.807, 2.05) is 91.0 Å². The third kappa shape index (κ3) is 10.5. The van der Waals surface area contributed by atoms with Crippen molar-refractivity contribution in [3.8, 4) is 0 Å². The molecular weight excluding hydrogens is 775 g/mol. The highest BCUT2D eigenvalue weighted by atomic mass is 28.4. The van der Waals surface area contributed by atoms with Crippen molar-refractivity contribution in [2.45, 2.75) is 134 Å². The van der Waals surface area contributed by atoms with Gasteiger partial charge < -0.3 is 48.2 Å². The molecule has 2 amide bonds. The van der Waals surface area contributed by atoms with Crippen LogP contribution in [0.2, 0.25) is 18.1 Å². The lowest BCUT2D eigenvalue weighted by molar-refractivity contribution is -0.352. The van der Waals surface area contributed by atoms with E-state index in [0.717, 1.165) is 21.6 Å². The molecular formula is C45H59NO12Si. The third-order valence-electron chi connectivity index (χ3n) is 11.8. The molecule has 6 rings (SSSR count). The Balaban J connectivity index is 1.39. The maximum absolute atomic E-state index is 14.1. The van der Waals surface area contributed by atoms with Crippen molar-refractivity contribution in [2.75, 3.05) is 13.2 Å². The minimum atomic E-state index is -2.70. The average molecular weight is 834 g/mol. The van der Waals surface area contributed by atoms with Gasteiger partial charge >= 0.3 is 0 Å². The summed E-state index contributed by atoms with van der Waals surface area (Å²) in [5, 5.41) is 33.3. The predicted octanol–water partition coefficient (Wildman–Crippen LogP) is 5.02. The van der Waals surface area contributed by atoms with Gasteiger partial charge in [0.05, 0.1) is 33.0 Å². The molecule has 10 atom stereocenters. The zero-order valence-corrected chi connectivity index (χ0v) is 35.9. The second kappa shape index (κ2) is 19.4. The van der Waals surface area contributed by atoms with Crippen molar-refractivity contribution in [3.05, 3.63) is 119 Å². The molecule has 0 saturated carbocycles. The molecule has 2 saturated heterocycles. The fourth-order valence-corrected chi connectivity index (χ4v) is 8.21. The number of carbonyl (C=O) groups excluding carboxylic acids is 2. The van der Waals surface area contributed by atoms with Gasteiger partial charge in [-0.2, -0.15) is 0 Å². The molecule has 0 aliphatic carbocycles. The van der Waals surface area contributed by atoms with Gasteiger partial charge in [-0.3, -0.25) is 14.5 Å². The fourth-order valence-electron chi connectivity index (χ4n) is 7.08. The first-order chi connectivity index (χ1) is 28.1. The average Bonchev–Trinajstić information content (AvgIpc) is 3.40. The van der Waals surface area contributed by atoms with E-state index in [9.17, 15) is 24.9 Å². The summed E-state index contributed by atoms with van der Waals surface area (Å²) in [7, 11) is -2.70. The Hall–Kier alpha value is -3.64. The van der Waals surface area contributed by atoms with Crippen molar-refractivity contribution >= 4 is 20.1 Å². The molecule has 3 heterocycles. The summed E-state index contributed by atoms with van der Waals surface area (Å²) in [4.78, 5) is 29.4. The van der Waals surface area contributed by atoms with E-state index in [1.54, 1.807) is 13.8 Å². The van der Waals surface area contributed by atoms with Gasteiger partial charge in [0.15, 0.2) is 20.9 Å². The van der Waals surface area contributed by atoms with Gasteiger partial charge in [0, 0.05) is 11.1 Å². The Labute approximate surface area is 347 Å². The van der Waals surface area contributed by atoms with E-state index in [2.05, 4.69) is 33.9 Å². The number of rotatable bonds is 16. The molecule has 2 fully saturated rings. The Morgan fingerprint density at radius 1 is 0.627 bits per heavy atom. The highest BCUT2D eigenvalue weighted by Crippen LogP contribution is 2.42. The summed E-state index contributed by atoms with van der Waals surface area (Å²) in [6.07, 6.45) is -12.1. The van der Waals surface area contributed by atoms with Crippen molar-refractivity contribution in [1.82, 2.24) is 4.90 Å². The molecule has 0 aromatic heterocycles. The van der Waals surface area contributed by atoms with Crippen LogP contribution in [0.1, 0.15) is 51.3 Å². The molecule has 14 heteroatoms. The number of carbonyl (C=O) groups is 2. The molecule has 0 radical (unpaired) electrons. The minimum absolute atomic E-state index is 0.0409. The quantitative estimate of drug-likeness (QED) is 0.131. The highest BCUT2D eigenvalue weighted by Gasteiger charge is 2.58. The van der Waals surface area contributed by atoms with Crippen molar-refractivity contribution in [1.29, 1.82) is 0 Å². The summed E-state index contributed by atoms with van der Waals surface area (Å²) in [6, 6.07) is 27.3. The maximum Gasteiger partial charge on any atom is 0.257 e. The molecule has 320 valence electrons. The molecule has 3 aliphatic heterocycles.